The normalized spacial score (nSPS) is 14.3. The molecule has 1 aliphatic heterocycles. The second kappa shape index (κ2) is 10.9. The van der Waals surface area contributed by atoms with Crippen LogP contribution in [0.4, 0.5) is 26.2 Å². The van der Waals surface area contributed by atoms with Crippen molar-refractivity contribution >= 4 is 58.5 Å². The van der Waals surface area contributed by atoms with E-state index in [-0.39, 0.29) is 27.8 Å². The number of carbonyl (C=O) groups is 4. The predicted molar refractivity (Wildman–Crippen MR) is 134 cm³/mol. The van der Waals surface area contributed by atoms with E-state index in [1.807, 2.05) is 5.32 Å². The Kier molecular flexibility index (Phi) is 7.44. The van der Waals surface area contributed by atoms with E-state index >= 15 is 0 Å². The molecule has 0 spiro atoms. The maximum Gasteiger partial charge on any atom is 0.335 e. The number of nitrogens with zero attached hydrogens (tertiary/aromatic N) is 2. The average Bonchev–Trinajstić information content (AvgIpc) is 2.87. The summed E-state index contributed by atoms with van der Waals surface area (Å²) in [6.45, 7) is -0.471. The lowest BCUT2D eigenvalue weighted by atomic mass is 10.1. The molecule has 1 fully saturated rings. The van der Waals surface area contributed by atoms with Crippen molar-refractivity contribution in [3.05, 3.63) is 98.8 Å². The summed E-state index contributed by atoms with van der Waals surface area (Å²) in [5, 5.41) is 15.3. The van der Waals surface area contributed by atoms with Crippen molar-refractivity contribution in [3.8, 4) is 5.75 Å². The second-order valence-electron chi connectivity index (χ2n) is 7.74. The Labute approximate surface area is 218 Å². The summed E-state index contributed by atoms with van der Waals surface area (Å²) in [5.41, 5.74) is -0.323. The molecule has 0 radical (unpaired) electrons. The van der Waals surface area contributed by atoms with Gasteiger partial charge in [-0.1, -0.05) is 29.8 Å². The maximum atomic E-state index is 13.7. The van der Waals surface area contributed by atoms with Gasteiger partial charge in [0.05, 0.1) is 21.3 Å². The van der Waals surface area contributed by atoms with E-state index in [0.29, 0.717) is 10.5 Å². The molecule has 1 saturated heterocycles. The van der Waals surface area contributed by atoms with Gasteiger partial charge in [0.2, 0.25) is 0 Å². The minimum Gasteiger partial charge on any atom is -0.482 e. The maximum absolute atomic E-state index is 13.7. The molecule has 192 valence electrons. The number of imide groups is 2. The number of ether oxygens (including phenoxy) is 1. The van der Waals surface area contributed by atoms with Gasteiger partial charge in [-0.15, -0.1) is 0 Å². The number of carbonyl (C=O) groups excluding carboxylic acids is 4. The lowest BCUT2D eigenvalue weighted by Crippen LogP contribution is -2.54. The third-order valence-corrected chi connectivity index (χ3v) is 5.49. The van der Waals surface area contributed by atoms with E-state index in [0.717, 1.165) is 12.1 Å². The highest BCUT2D eigenvalue weighted by molar-refractivity contribution is 6.39. The highest BCUT2D eigenvalue weighted by atomic mass is 35.5. The van der Waals surface area contributed by atoms with Crippen LogP contribution >= 0.6 is 11.6 Å². The van der Waals surface area contributed by atoms with Crippen molar-refractivity contribution in [2.75, 3.05) is 16.8 Å². The molecule has 0 atom stereocenters. The van der Waals surface area contributed by atoms with E-state index in [4.69, 9.17) is 16.3 Å². The summed E-state index contributed by atoms with van der Waals surface area (Å²) >= 11 is 6.23. The van der Waals surface area contributed by atoms with Crippen LogP contribution in [0.3, 0.4) is 0 Å². The minimum absolute atomic E-state index is 0.00848. The predicted octanol–water partition coefficient (Wildman–Crippen LogP) is 4.07. The Balaban J connectivity index is 1.48. The second-order valence-corrected chi connectivity index (χ2v) is 8.15. The first kappa shape index (κ1) is 26.0. The fourth-order valence-electron chi connectivity index (χ4n) is 3.40. The van der Waals surface area contributed by atoms with Gasteiger partial charge >= 0.3 is 6.03 Å². The highest BCUT2D eigenvalue weighted by Gasteiger charge is 2.37. The molecular formula is C25H16ClFN4O7. The number of urea groups is 1. The number of non-ortho nitro benzene ring substituents is 1. The molecule has 3 aromatic rings. The Morgan fingerprint density at radius 3 is 2.47 bits per heavy atom. The van der Waals surface area contributed by atoms with E-state index in [9.17, 15) is 33.7 Å². The molecule has 1 heterocycles. The van der Waals surface area contributed by atoms with Gasteiger partial charge in [0.15, 0.2) is 6.61 Å². The Morgan fingerprint density at radius 1 is 1.11 bits per heavy atom. The number of barbiturate groups is 1. The van der Waals surface area contributed by atoms with E-state index in [1.165, 1.54) is 54.6 Å². The number of amides is 5. The van der Waals surface area contributed by atoms with Crippen molar-refractivity contribution < 1.29 is 33.2 Å². The largest absolute Gasteiger partial charge is 0.482 e. The molecule has 0 aliphatic carbocycles. The van der Waals surface area contributed by atoms with Gasteiger partial charge in [-0.2, -0.15) is 0 Å². The third kappa shape index (κ3) is 5.65. The first-order valence-corrected chi connectivity index (χ1v) is 11.1. The van der Waals surface area contributed by atoms with Gasteiger partial charge in [0.1, 0.15) is 17.1 Å². The zero-order valence-corrected chi connectivity index (χ0v) is 19.9. The van der Waals surface area contributed by atoms with Crippen LogP contribution in [0.1, 0.15) is 5.56 Å². The van der Waals surface area contributed by atoms with Crippen molar-refractivity contribution in [2.24, 2.45) is 0 Å². The van der Waals surface area contributed by atoms with Crippen molar-refractivity contribution in [2.45, 2.75) is 0 Å². The van der Waals surface area contributed by atoms with Crippen LogP contribution in [-0.2, 0) is 14.4 Å². The summed E-state index contributed by atoms with van der Waals surface area (Å²) in [6.07, 6.45) is 1.20. The Bertz CT molecular complexity index is 1510. The fourth-order valence-corrected chi connectivity index (χ4v) is 3.64. The molecule has 0 bridgehead atoms. The van der Waals surface area contributed by atoms with Gasteiger partial charge in [0, 0.05) is 12.1 Å². The molecule has 3 aromatic carbocycles. The molecule has 2 N–H and O–H groups in total. The number of benzene rings is 3. The van der Waals surface area contributed by atoms with E-state index in [1.54, 1.807) is 6.07 Å². The van der Waals surface area contributed by atoms with Gasteiger partial charge in [-0.25, -0.2) is 14.1 Å². The van der Waals surface area contributed by atoms with Crippen molar-refractivity contribution in [1.82, 2.24) is 5.32 Å². The zero-order chi connectivity index (χ0) is 27.4. The first-order chi connectivity index (χ1) is 18.1. The van der Waals surface area contributed by atoms with E-state index in [2.05, 4.69) is 5.32 Å². The lowest BCUT2D eigenvalue weighted by Gasteiger charge is -2.26. The van der Waals surface area contributed by atoms with Crippen LogP contribution in [-0.4, -0.2) is 35.3 Å². The Hall–Kier alpha value is -5.10. The molecule has 0 unspecified atom stereocenters. The number of nitrogens with one attached hydrogen (secondary N) is 2. The summed E-state index contributed by atoms with van der Waals surface area (Å²) in [6, 6.07) is 13.5. The fraction of sp³-hybridized carbons (Fsp3) is 0.0400. The standard InChI is InChI=1S/C25H16ClFN4O7/c26-18-12-14(5-10-21(18)38-13-22(32)28-20-4-2-1-3-19(20)27)11-17-23(33)29-25(35)30(24(17)34)15-6-8-16(9-7-15)31(36)37/h1-12H,13H2,(H,28,32)(H,29,33,35)/b17-11-. The SMILES string of the molecule is O=C(COc1ccc(/C=C2/C(=O)NC(=O)N(c3ccc([N+](=O)[O-])cc3)C2=O)cc1Cl)Nc1ccccc1F. The topological polar surface area (TPSA) is 148 Å². The quantitative estimate of drug-likeness (QED) is 0.199. The zero-order valence-electron chi connectivity index (χ0n) is 19.1. The third-order valence-electron chi connectivity index (χ3n) is 5.19. The monoisotopic (exact) mass is 538 g/mol. The molecular weight excluding hydrogens is 523 g/mol. The molecule has 1 aliphatic rings. The first-order valence-electron chi connectivity index (χ1n) is 10.8. The number of para-hydroxylation sites is 1. The lowest BCUT2D eigenvalue weighted by molar-refractivity contribution is -0.384. The number of rotatable bonds is 7. The summed E-state index contributed by atoms with van der Waals surface area (Å²) in [7, 11) is 0. The van der Waals surface area contributed by atoms with Crippen molar-refractivity contribution in [3.63, 3.8) is 0 Å². The number of halogens is 2. The van der Waals surface area contributed by atoms with Crippen LogP contribution in [0.25, 0.3) is 6.08 Å². The molecule has 38 heavy (non-hydrogen) atoms. The summed E-state index contributed by atoms with van der Waals surface area (Å²) in [4.78, 5) is 60.7. The molecule has 13 heteroatoms. The highest BCUT2D eigenvalue weighted by Crippen LogP contribution is 2.28. The summed E-state index contributed by atoms with van der Waals surface area (Å²) in [5.74, 6) is -3.02. The van der Waals surface area contributed by atoms with E-state index < -0.39 is 46.7 Å². The van der Waals surface area contributed by atoms with Crippen LogP contribution < -0.4 is 20.3 Å². The smallest absolute Gasteiger partial charge is 0.335 e. The molecule has 5 amide bonds. The number of hydrogen-bond donors (Lipinski definition) is 2. The molecule has 11 nitrogen and oxygen atoms in total. The number of anilines is 2. The van der Waals surface area contributed by atoms with Crippen LogP contribution in [0, 0.1) is 15.9 Å². The molecule has 4 rings (SSSR count). The Morgan fingerprint density at radius 2 is 1.82 bits per heavy atom. The van der Waals surface area contributed by atoms with Crippen LogP contribution in [0.2, 0.25) is 5.02 Å². The van der Waals surface area contributed by atoms with Gasteiger partial charge in [0.25, 0.3) is 23.4 Å². The minimum atomic E-state index is -1.01. The van der Waals surface area contributed by atoms with Gasteiger partial charge in [-0.3, -0.25) is 29.8 Å². The van der Waals surface area contributed by atoms with Crippen LogP contribution in [0.15, 0.2) is 72.3 Å². The van der Waals surface area contributed by atoms with Gasteiger partial charge in [-0.05, 0) is 48.0 Å². The summed E-state index contributed by atoms with van der Waals surface area (Å²) < 4.78 is 19.1. The van der Waals surface area contributed by atoms with Crippen LogP contribution in [0.5, 0.6) is 5.75 Å². The van der Waals surface area contributed by atoms with Crippen molar-refractivity contribution in [1.29, 1.82) is 0 Å². The number of nitro groups is 1. The van der Waals surface area contributed by atoms with Gasteiger partial charge < -0.3 is 10.1 Å². The molecule has 0 aromatic heterocycles. The molecule has 0 saturated carbocycles. The number of nitro benzene ring substituents is 1. The number of hydrogen-bond acceptors (Lipinski definition) is 7. The average molecular weight is 539 g/mol.